The van der Waals surface area contributed by atoms with E-state index in [2.05, 4.69) is 24.1 Å². The third-order valence-electron chi connectivity index (χ3n) is 3.72. The third kappa shape index (κ3) is 2.35. The number of hydrogen-bond donors (Lipinski definition) is 2. The molecule has 1 aromatic carbocycles. The number of anilines is 1. The summed E-state index contributed by atoms with van der Waals surface area (Å²) in [7, 11) is 0. The zero-order valence-electron chi connectivity index (χ0n) is 11.3. The van der Waals surface area contributed by atoms with E-state index in [1.54, 1.807) is 0 Å². The number of rotatable bonds is 2. The largest absolute Gasteiger partial charge is 0.454 e. The van der Waals surface area contributed by atoms with Gasteiger partial charge in [0.1, 0.15) is 0 Å². The minimum absolute atomic E-state index is 0.0298. The van der Waals surface area contributed by atoms with Crippen molar-refractivity contribution in [2.24, 2.45) is 0 Å². The molecule has 1 atom stereocenters. The molecule has 0 saturated carbocycles. The summed E-state index contributed by atoms with van der Waals surface area (Å²) in [6, 6.07) is 6.04. The molecule has 19 heavy (non-hydrogen) atoms. The van der Waals surface area contributed by atoms with E-state index in [4.69, 9.17) is 9.47 Å². The number of aliphatic hydroxyl groups excluding tert-OH is 1. The van der Waals surface area contributed by atoms with E-state index in [9.17, 15) is 5.11 Å². The average molecular weight is 264 g/mol. The van der Waals surface area contributed by atoms with Crippen LogP contribution in [0.15, 0.2) is 18.2 Å². The van der Waals surface area contributed by atoms with Gasteiger partial charge in [0.25, 0.3) is 0 Å². The van der Waals surface area contributed by atoms with Gasteiger partial charge < -0.3 is 24.8 Å². The fourth-order valence-electron chi connectivity index (χ4n) is 2.64. The lowest BCUT2D eigenvalue weighted by atomic mass is 9.98. The maximum Gasteiger partial charge on any atom is 0.231 e. The van der Waals surface area contributed by atoms with Crippen LogP contribution in [0.4, 0.5) is 5.69 Å². The van der Waals surface area contributed by atoms with Crippen LogP contribution in [-0.4, -0.2) is 43.2 Å². The summed E-state index contributed by atoms with van der Waals surface area (Å²) >= 11 is 0. The van der Waals surface area contributed by atoms with Gasteiger partial charge >= 0.3 is 0 Å². The minimum Gasteiger partial charge on any atom is -0.454 e. The minimum atomic E-state index is 0.0298. The summed E-state index contributed by atoms with van der Waals surface area (Å²) in [5.41, 5.74) is 1.10. The van der Waals surface area contributed by atoms with Gasteiger partial charge in [-0.1, -0.05) is 0 Å². The van der Waals surface area contributed by atoms with Crippen molar-refractivity contribution < 1.29 is 14.6 Å². The monoisotopic (exact) mass is 264 g/mol. The van der Waals surface area contributed by atoms with Gasteiger partial charge in [0.15, 0.2) is 11.5 Å². The van der Waals surface area contributed by atoms with Crippen LogP contribution in [0.3, 0.4) is 0 Å². The molecule has 0 aliphatic carbocycles. The molecule has 1 saturated heterocycles. The molecule has 0 aromatic heterocycles. The topological polar surface area (TPSA) is 54.0 Å². The lowest BCUT2D eigenvalue weighted by molar-refractivity contribution is 0.174. The second kappa shape index (κ2) is 4.58. The Hall–Kier alpha value is -1.46. The third-order valence-corrected chi connectivity index (χ3v) is 3.72. The molecule has 2 aliphatic heterocycles. The number of piperazine rings is 1. The van der Waals surface area contributed by atoms with E-state index in [1.807, 2.05) is 18.2 Å². The predicted molar refractivity (Wildman–Crippen MR) is 72.9 cm³/mol. The molecule has 0 bridgehead atoms. The van der Waals surface area contributed by atoms with Gasteiger partial charge in [0.2, 0.25) is 6.79 Å². The Morgan fingerprint density at radius 2 is 2.16 bits per heavy atom. The van der Waals surface area contributed by atoms with Gasteiger partial charge in [0, 0.05) is 30.4 Å². The Kier molecular flexibility index (Phi) is 3.03. The molecule has 1 fully saturated rings. The first-order valence-electron chi connectivity index (χ1n) is 6.61. The number of ether oxygens (including phenoxy) is 2. The first-order chi connectivity index (χ1) is 9.09. The molecular weight excluding hydrogens is 244 g/mol. The fraction of sp³-hybridized carbons (Fsp3) is 0.571. The Morgan fingerprint density at radius 3 is 2.95 bits per heavy atom. The smallest absolute Gasteiger partial charge is 0.231 e. The van der Waals surface area contributed by atoms with Gasteiger partial charge in [-0.15, -0.1) is 0 Å². The Morgan fingerprint density at radius 1 is 1.37 bits per heavy atom. The van der Waals surface area contributed by atoms with Gasteiger partial charge in [-0.05, 0) is 26.0 Å². The maximum absolute atomic E-state index is 9.55. The number of nitrogens with one attached hydrogen (secondary N) is 1. The van der Waals surface area contributed by atoms with Crippen LogP contribution in [0.5, 0.6) is 11.5 Å². The van der Waals surface area contributed by atoms with E-state index in [0.717, 1.165) is 30.3 Å². The SMILES string of the molecule is CC1(C)CN(c2ccc3c(c2)OCO3)C(CO)CN1. The number of fused-ring (bicyclic) bond motifs is 1. The molecule has 5 nitrogen and oxygen atoms in total. The van der Waals surface area contributed by atoms with Gasteiger partial charge in [-0.3, -0.25) is 0 Å². The molecule has 104 valence electrons. The highest BCUT2D eigenvalue weighted by atomic mass is 16.7. The number of benzene rings is 1. The summed E-state index contributed by atoms with van der Waals surface area (Å²) in [5.74, 6) is 1.57. The molecule has 0 amide bonds. The number of aliphatic hydroxyl groups is 1. The number of nitrogens with zero attached hydrogens (tertiary/aromatic N) is 1. The molecule has 3 rings (SSSR count). The van der Waals surface area contributed by atoms with E-state index < -0.39 is 0 Å². The highest BCUT2D eigenvalue weighted by molar-refractivity contribution is 5.58. The van der Waals surface area contributed by atoms with Crippen molar-refractivity contribution in [3.63, 3.8) is 0 Å². The van der Waals surface area contributed by atoms with E-state index in [0.29, 0.717) is 0 Å². The van der Waals surface area contributed by atoms with Crippen molar-refractivity contribution in [2.45, 2.75) is 25.4 Å². The molecule has 5 heteroatoms. The van der Waals surface area contributed by atoms with Crippen molar-refractivity contribution in [3.8, 4) is 11.5 Å². The normalized spacial score (nSPS) is 24.6. The Labute approximate surface area is 113 Å². The van der Waals surface area contributed by atoms with Crippen LogP contribution < -0.4 is 19.7 Å². The Bertz CT molecular complexity index is 476. The number of hydrogen-bond acceptors (Lipinski definition) is 5. The summed E-state index contributed by atoms with van der Waals surface area (Å²) in [4.78, 5) is 2.23. The average Bonchev–Trinajstić information content (AvgIpc) is 2.85. The van der Waals surface area contributed by atoms with Gasteiger partial charge in [-0.2, -0.15) is 0 Å². The lowest BCUT2D eigenvalue weighted by Gasteiger charge is -2.45. The molecule has 2 N–H and O–H groups in total. The first kappa shape index (κ1) is 12.6. The first-order valence-corrected chi connectivity index (χ1v) is 6.61. The van der Waals surface area contributed by atoms with Crippen LogP contribution in [-0.2, 0) is 0 Å². The van der Waals surface area contributed by atoms with Crippen LogP contribution in [0, 0.1) is 0 Å². The lowest BCUT2D eigenvalue weighted by Crippen LogP contribution is -2.62. The van der Waals surface area contributed by atoms with Gasteiger partial charge in [-0.25, -0.2) is 0 Å². The van der Waals surface area contributed by atoms with Crippen molar-refractivity contribution in [3.05, 3.63) is 18.2 Å². The van der Waals surface area contributed by atoms with Crippen LogP contribution >= 0.6 is 0 Å². The second-order valence-electron chi connectivity index (χ2n) is 5.77. The van der Waals surface area contributed by atoms with Crippen molar-refractivity contribution >= 4 is 5.69 Å². The standard InChI is InChI=1S/C14H20N2O3/c1-14(2)8-16(11(7-17)6-15-14)10-3-4-12-13(5-10)19-9-18-12/h3-5,11,15,17H,6-9H2,1-2H3. The van der Waals surface area contributed by atoms with E-state index >= 15 is 0 Å². The van der Waals surface area contributed by atoms with Crippen molar-refractivity contribution in [1.29, 1.82) is 0 Å². The molecular formula is C14H20N2O3. The maximum atomic E-state index is 9.55. The summed E-state index contributed by atoms with van der Waals surface area (Å²) in [6.07, 6.45) is 0. The van der Waals surface area contributed by atoms with Crippen LogP contribution in [0.25, 0.3) is 0 Å². The highest BCUT2D eigenvalue weighted by Gasteiger charge is 2.32. The molecule has 1 aromatic rings. The zero-order chi connectivity index (χ0) is 13.5. The van der Waals surface area contributed by atoms with E-state index in [1.165, 1.54) is 0 Å². The molecule has 2 heterocycles. The highest BCUT2D eigenvalue weighted by Crippen LogP contribution is 2.36. The van der Waals surface area contributed by atoms with E-state index in [-0.39, 0.29) is 25.0 Å². The zero-order valence-corrected chi connectivity index (χ0v) is 11.3. The molecule has 1 unspecified atom stereocenters. The summed E-state index contributed by atoms with van der Waals surface area (Å²) in [6.45, 7) is 6.38. The fourth-order valence-corrected chi connectivity index (χ4v) is 2.64. The van der Waals surface area contributed by atoms with Crippen molar-refractivity contribution in [2.75, 3.05) is 31.4 Å². The van der Waals surface area contributed by atoms with Crippen molar-refractivity contribution in [1.82, 2.24) is 5.32 Å². The molecule has 2 aliphatic rings. The quantitative estimate of drug-likeness (QED) is 0.833. The predicted octanol–water partition coefficient (Wildman–Crippen LogP) is 0.964. The Balaban J connectivity index is 1.89. The summed E-state index contributed by atoms with van der Waals surface area (Å²) in [5, 5.41) is 13.0. The van der Waals surface area contributed by atoms with Crippen LogP contribution in [0.2, 0.25) is 0 Å². The molecule has 0 radical (unpaired) electrons. The second-order valence-corrected chi connectivity index (χ2v) is 5.77. The van der Waals surface area contributed by atoms with Crippen LogP contribution in [0.1, 0.15) is 13.8 Å². The van der Waals surface area contributed by atoms with Gasteiger partial charge in [0.05, 0.1) is 12.6 Å². The summed E-state index contributed by atoms with van der Waals surface area (Å²) < 4.78 is 10.8. The molecule has 0 spiro atoms.